The first-order chi connectivity index (χ1) is 12.9. The quantitative estimate of drug-likeness (QED) is 0.725. The Hall–Kier alpha value is -2.28. The minimum Gasteiger partial charge on any atom is -0.481 e. The van der Waals surface area contributed by atoms with E-state index in [-0.39, 0.29) is 30.0 Å². The summed E-state index contributed by atoms with van der Waals surface area (Å²) >= 11 is 0. The summed E-state index contributed by atoms with van der Waals surface area (Å²) in [6, 6.07) is 10.8. The van der Waals surface area contributed by atoms with Gasteiger partial charge in [0.1, 0.15) is 11.5 Å². The molecule has 3 rings (SSSR count). The van der Waals surface area contributed by atoms with Gasteiger partial charge >= 0.3 is 0 Å². The minimum absolute atomic E-state index is 0.0165. The summed E-state index contributed by atoms with van der Waals surface area (Å²) < 4.78 is 35.0. The van der Waals surface area contributed by atoms with E-state index >= 15 is 0 Å². The van der Waals surface area contributed by atoms with Crippen LogP contribution in [0.5, 0.6) is 5.75 Å². The zero-order valence-corrected chi connectivity index (χ0v) is 16.4. The zero-order chi connectivity index (χ0) is 19.4. The third-order valence-corrected chi connectivity index (χ3v) is 6.58. The highest BCUT2D eigenvalue weighted by molar-refractivity contribution is 7.91. The van der Waals surface area contributed by atoms with Gasteiger partial charge in [-0.15, -0.1) is 0 Å². The van der Waals surface area contributed by atoms with E-state index in [4.69, 9.17) is 9.15 Å². The molecule has 1 aromatic carbocycles. The smallest absolute Gasteiger partial charge is 0.264 e. The molecule has 0 unspecified atom stereocenters. The molecule has 146 valence electrons. The van der Waals surface area contributed by atoms with Gasteiger partial charge in [0, 0.05) is 6.04 Å². The largest absolute Gasteiger partial charge is 0.481 e. The lowest BCUT2D eigenvalue weighted by Crippen LogP contribution is -2.46. The molecule has 1 amide bonds. The number of benzene rings is 1. The number of hydrogen-bond donors (Lipinski definition) is 0. The van der Waals surface area contributed by atoms with Gasteiger partial charge in [-0.1, -0.05) is 19.1 Å². The summed E-state index contributed by atoms with van der Waals surface area (Å²) in [5.74, 6) is 1.08. The van der Waals surface area contributed by atoms with Crippen LogP contribution < -0.4 is 4.74 Å². The Morgan fingerprint density at radius 3 is 2.59 bits per heavy atom. The van der Waals surface area contributed by atoms with Crippen molar-refractivity contribution in [3.8, 4) is 5.75 Å². The highest BCUT2D eigenvalue weighted by atomic mass is 32.2. The van der Waals surface area contributed by atoms with Crippen LogP contribution in [0.2, 0.25) is 0 Å². The number of sulfone groups is 1. The summed E-state index contributed by atoms with van der Waals surface area (Å²) in [5.41, 5.74) is 1.19. The van der Waals surface area contributed by atoms with Crippen LogP contribution in [0.15, 0.2) is 47.1 Å². The Morgan fingerprint density at radius 1 is 1.30 bits per heavy atom. The second-order valence-corrected chi connectivity index (χ2v) is 9.09. The van der Waals surface area contributed by atoms with Crippen molar-refractivity contribution in [1.29, 1.82) is 0 Å². The standard InChI is InChI=1S/C20H25NO5S/c1-3-16-6-8-18(9-7-16)26-15(2)20(22)21(13-19-5-4-11-25-19)17-10-12-27(23,24)14-17/h4-9,11,15,17H,3,10,12-14H2,1-2H3/t15-,17-/m0/s1. The SMILES string of the molecule is CCc1ccc(O[C@@H](C)C(=O)N(Cc2ccco2)[C@H]2CCS(=O)(=O)C2)cc1. The monoisotopic (exact) mass is 391 g/mol. The molecule has 0 aliphatic carbocycles. The molecule has 0 bridgehead atoms. The third kappa shape index (κ3) is 4.91. The number of carbonyl (C=O) groups is 1. The molecule has 0 saturated carbocycles. The van der Waals surface area contributed by atoms with E-state index in [0.717, 1.165) is 6.42 Å². The lowest BCUT2D eigenvalue weighted by molar-refractivity contribution is -0.140. The maximum Gasteiger partial charge on any atom is 0.264 e. The van der Waals surface area contributed by atoms with Gasteiger partial charge in [-0.2, -0.15) is 0 Å². The van der Waals surface area contributed by atoms with E-state index in [0.29, 0.717) is 17.9 Å². The molecule has 1 aliphatic rings. The van der Waals surface area contributed by atoms with Crippen LogP contribution in [0.1, 0.15) is 31.6 Å². The van der Waals surface area contributed by atoms with Gasteiger partial charge in [-0.3, -0.25) is 4.79 Å². The van der Waals surface area contributed by atoms with Crippen LogP contribution in [0.3, 0.4) is 0 Å². The van der Waals surface area contributed by atoms with Crippen molar-refractivity contribution >= 4 is 15.7 Å². The number of amides is 1. The lowest BCUT2D eigenvalue weighted by Gasteiger charge is -2.30. The van der Waals surface area contributed by atoms with Gasteiger partial charge in [0.25, 0.3) is 5.91 Å². The highest BCUT2D eigenvalue weighted by Crippen LogP contribution is 2.23. The molecule has 2 atom stereocenters. The van der Waals surface area contributed by atoms with Crippen LogP contribution in [-0.2, 0) is 27.6 Å². The molecule has 1 aromatic heterocycles. The van der Waals surface area contributed by atoms with Crippen LogP contribution >= 0.6 is 0 Å². The Labute approximate surface area is 160 Å². The third-order valence-electron chi connectivity index (χ3n) is 4.83. The molecule has 1 aliphatic heterocycles. The second kappa shape index (κ2) is 8.17. The number of rotatable bonds is 7. The summed E-state index contributed by atoms with van der Waals surface area (Å²) in [6.07, 6.45) is 2.18. The molecule has 2 aromatic rings. The summed E-state index contributed by atoms with van der Waals surface area (Å²) in [5, 5.41) is 0. The normalized spacial score (nSPS) is 19.6. The maximum absolute atomic E-state index is 13.1. The first kappa shape index (κ1) is 19.5. The first-order valence-corrected chi connectivity index (χ1v) is 11.0. The molecule has 1 fully saturated rings. The summed E-state index contributed by atoms with van der Waals surface area (Å²) in [4.78, 5) is 14.6. The number of ether oxygens (including phenoxy) is 1. The highest BCUT2D eigenvalue weighted by Gasteiger charge is 2.37. The Morgan fingerprint density at radius 2 is 2.04 bits per heavy atom. The van der Waals surface area contributed by atoms with Crippen molar-refractivity contribution in [2.75, 3.05) is 11.5 Å². The fraction of sp³-hybridized carbons (Fsp3) is 0.450. The van der Waals surface area contributed by atoms with Gasteiger partial charge in [-0.05, 0) is 49.6 Å². The second-order valence-electron chi connectivity index (χ2n) is 6.86. The maximum atomic E-state index is 13.1. The molecular weight excluding hydrogens is 366 g/mol. The summed E-state index contributed by atoms with van der Waals surface area (Å²) in [6.45, 7) is 3.99. The van der Waals surface area contributed by atoms with Gasteiger partial charge in [0.15, 0.2) is 15.9 Å². The number of nitrogens with zero attached hydrogens (tertiary/aromatic N) is 1. The molecular formula is C20H25NO5S. The number of aryl methyl sites for hydroxylation is 1. The van der Waals surface area contributed by atoms with Gasteiger partial charge in [0.2, 0.25) is 0 Å². The van der Waals surface area contributed by atoms with E-state index < -0.39 is 15.9 Å². The van der Waals surface area contributed by atoms with Crippen molar-refractivity contribution < 1.29 is 22.4 Å². The fourth-order valence-electron chi connectivity index (χ4n) is 3.27. The average Bonchev–Trinajstić information content (AvgIpc) is 3.28. The lowest BCUT2D eigenvalue weighted by atomic mass is 10.1. The molecule has 0 radical (unpaired) electrons. The van der Waals surface area contributed by atoms with E-state index in [2.05, 4.69) is 6.92 Å². The van der Waals surface area contributed by atoms with Gasteiger partial charge in [0.05, 0.1) is 24.3 Å². The van der Waals surface area contributed by atoms with Crippen LogP contribution in [0.4, 0.5) is 0 Å². The van der Waals surface area contributed by atoms with Crippen molar-refractivity contribution in [1.82, 2.24) is 4.90 Å². The van der Waals surface area contributed by atoms with Crippen LogP contribution in [0, 0.1) is 0 Å². The molecule has 0 spiro atoms. The minimum atomic E-state index is -3.11. The molecule has 1 saturated heterocycles. The van der Waals surface area contributed by atoms with Crippen molar-refractivity contribution in [2.45, 2.75) is 45.4 Å². The predicted molar refractivity (Wildman–Crippen MR) is 102 cm³/mol. The molecule has 7 heteroatoms. The van der Waals surface area contributed by atoms with Crippen molar-refractivity contribution in [3.05, 3.63) is 54.0 Å². The van der Waals surface area contributed by atoms with Gasteiger partial charge in [-0.25, -0.2) is 8.42 Å². The number of carbonyl (C=O) groups excluding carboxylic acids is 1. The average molecular weight is 391 g/mol. The zero-order valence-electron chi connectivity index (χ0n) is 15.6. The van der Waals surface area contributed by atoms with E-state index in [1.165, 1.54) is 5.56 Å². The van der Waals surface area contributed by atoms with E-state index in [1.807, 2.05) is 24.3 Å². The molecule has 2 heterocycles. The van der Waals surface area contributed by atoms with E-state index in [9.17, 15) is 13.2 Å². The van der Waals surface area contributed by atoms with Crippen molar-refractivity contribution in [2.24, 2.45) is 0 Å². The van der Waals surface area contributed by atoms with Crippen LogP contribution in [0.25, 0.3) is 0 Å². The van der Waals surface area contributed by atoms with Gasteiger partial charge < -0.3 is 14.1 Å². The topological polar surface area (TPSA) is 76.8 Å². The van der Waals surface area contributed by atoms with Crippen molar-refractivity contribution in [3.63, 3.8) is 0 Å². The Bertz CT molecular complexity index is 858. The van der Waals surface area contributed by atoms with E-state index in [1.54, 1.807) is 30.2 Å². The predicted octanol–water partition coefficient (Wildman–Crippen LogP) is 2.83. The van der Waals surface area contributed by atoms with Crippen LogP contribution in [-0.4, -0.2) is 42.9 Å². The Kier molecular flexibility index (Phi) is 5.89. The summed E-state index contributed by atoms with van der Waals surface area (Å²) in [7, 11) is -3.11. The fourth-order valence-corrected chi connectivity index (χ4v) is 5.00. The number of furan rings is 1. The molecule has 6 nitrogen and oxygen atoms in total. The molecule has 0 N–H and O–H groups in total. The Balaban J connectivity index is 1.74. The number of hydrogen-bond acceptors (Lipinski definition) is 5. The molecule has 27 heavy (non-hydrogen) atoms. The first-order valence-electron chi connectivity index (χ1n) is 9.17.